The Balaban J connectivity index is 0.00000280. The predicted octanol–water partition coefficient (Wildman–Crippen LogP) is 5.30. The van der Waals surface area contributed by atoms with Crippen molar-refractivity contribution in [2.24, 2.45) is 5.92 Å². The van der Waals surface area contributed by atoms with Crippen LogP contribution < -0.4 is 5.32 Å². The monoisotopic (exact) mass is 457 g/mol. The lowest BCUT2D eigenvalue weighted by Crippen LogP contribution is -2.35. The van der Waals surface area contributed by atoms with E-state index in [1.807, 2.05) is 42.5 Å². The van der Waals surface area contributed by atoms with E-state index in [4.69, 9.17) is 0 Å². The van der Waals surface area contributed by atoms with Gasteiger partial charge in [-0.25, -0.2) is 4.98 Å². The van der Waals surface area contributed by atoms with Gasteiger partial charge in [-0.3, -0.25) is 4.79 Å². The third-order valence-corrected chi connectivity index (χ3v) is 5.40. The Hall–Kier alpha value is -2.10. The summed E-state index contributed by atoms with van der Waals surface area (Å²) < 4.78 is 0.665. The fourth-order valence-electron chi connectivity index (χ4n) is 3.62. The Kier molecular flexibility index (Phi) is 8.75. The molecule has 1 aromatic heterocycles. The molecule has 6 heteroatoms. The highest BCUT2D eigenvalue weighted by atomic mass is 79.9. The Morgan fingerprint density at radius 2 is 1.86 bits per heavy atom. The fraction of sp³-hybridized carbons (Fsp3) is 0.318. The fourth-order valence-corrected chi connectivity index (χ4v) is 3.98. The molecular weight excluding hydrogens is 434 g/mol. The molecule has 3 rings (SSSR count). The van der Waals surface area contributed by atoms with Gasteiger partial charge in [0.25, 0.3) is 5.91 Å². The van der Waals surface area contributed by atoms with Crippen molar-refractivity contribution in [3.8, 4) is 6.07 Å². The highest BCUT2D eigenvalue weighted by Gasteiger charge is 2.27. The smallest absolute Gasteiger partial charge is 0.262 e. The minimum absolute atomic E-state index is 0. The van der Waals surface area contributed by atoms with E-state index in [1.54, 1.807) is 12.1 Å². The number of benzene rings is 1. The van der Waals surface area contributed by atoms with Crippen molar-refractivity contribution < 1.29 is 4.79 Å². The summed E-state index contributed by atoms with van der Waals surface area (Å²) in [6, 6.07) is 17.4. The number of hydrogen-bond donors (Lipinski definition) is 1. The van der Waals surface area contributed by atoms with Crippen molar-refractivity contribution >= 4 is 41.4 Å². The lowest BCUT2D eigenvalue weighted by Gasteiger charge is -2.31. The zero-order valence-corrected chi connectivity index (χ0v) is 18.2. The Bertz CT molecular complexity index is 858. The van der Waals surface area contributed by atoms with E-state index in [0.29, 0.717) is 16.2 Å². The lowest BCUT2D eigenvalue weighted by molar-refractivity contribution is -0.118. The summed E-state index contributed by atoms with van der Waals surface area (Å²) in [5, 5.41) is 12.6. The molecule has 146 valence electrons. The number of carbonyl (C=O) groups excluding carboxylic acids is 1. The van der Waals surface area contributed by atoms with Crippen molar-refractivity contribution in [2.45, 2.75) is 38.1 Å². The third kappa shape index (κ3) is 5.95. The maximum absolute atomic E-state index is 12.8. The summed E-state index contributed by atoms with van der Waals surface area (Å²) in [7, 11) is 0. The van der Waals surface area contributed by atoms with Crippen LogP contribution in [0.3, 0.4) is 0 Å². The van der Waals surface area contributed by atoms with Crippen LogP contribution in [-0.4, -0.2) is 10.9 Å². The summed E-state index contributed by atoms with van der Waals surface area (Å²) in [6.45, 7) is 0. The van der Waals surface area contributed by atoms with Crippen LogP contribution >= 0.6 is 29.4 Å². The molecule has 1 saturated carbocycles. The second-order valence-corrected chi connectivity index (χ2v) is 7.63. The number of hydrogen-bond acceptors (Lipinski definition) is 3. The second kappa shape index (κ2) is 11.0. The zero-order valence-electron chi connectivity index (χ0n) is 15.6. The van der Waals surface area contributed by atoms with Gasteiger partial charge < -0.3 is 5.32 Å². The number of carbonyl (C=O) groups is 1. The van der Waals surface area contributed by atoms with Crippen LogP contribution in [0.4, 0.5) is 0 Å². The minimum atomic E-state index is -0.348. The first-order valence-corrected chi connectivity index (χ1v) is 10.1. The van der Waals surface area contributed by atoms with Gasteiger partial charge >= 0.3 is 0 Å². The molecule has 28 heavy (non-hydrogen) atoms. The van der Waals surface area contributed by atoms with Crippen LogP contribution in [0.15, 0.2) is 58.7 Å². The molecule has 4 nitrogen and oxygen atoms in total. The molecule has 1 heterocycles. The summed E-state index contributed by atoms with van der Waals surface area (Å²) in [5.74, 6) is 0.0488. The minimum Gasteiger partial charge on any atom is -0.344 e. The number of pyridine rings is 1. The Labute approximate surface area is 181 Å². The lowest BCUT2D eigenvalue weighted by atomic mass is 9.81. The van der Waals surface area contributed by atoms with Crippen molar-refractivity contribution in [3.63, 3.8) is 0 Å². The van der Waals surface area contributed by atoms with Gasteiger partial charge in [0.2, 0.25) is 0 Å². The Morgan fingerprint density at radius 3 is 2.50 bits per heavy atom. The van der Waals surface area contributed by atoms with Gasteiger partial charge in [-0.05, 0) is 58.5 Å². The molecular formula is C22H24BrN3OS. The number of rotatable bonds is 5. The molecule has 0 aliphatic heterocycles. The quantitative estimate of drug-likeness (QED) is 0.376. The van der Waals surface area contributed by atoms with Crippen LogP contribution in [0.25, 0.3) is 6.08 Å². The molecule has 0 unspecified atom stereocenters. The maximum atomic E-state index is 12.8. The van der Waals surface area contributed by atoms with E-state index in [9.17, 15) is 10.1 Å². The summed E-state index contributed by atoms with van der Waals surface area (Å²) in [4.78, 5) is 17.1. The molecule has 0 saturated heterocycles. The molecule has 1 aliphatic carbocycles. The van der Waals surface area contributed by atoms with E-state index in [2.05, 4.69) is 26.2 Å². The number of nitrogens with zero attached hydrogens (tertiary/aromatic N) is 2. The van der Waals surface area contributed by atoms with Gasteiger partial charge in [0, 0.05) is 0 Å². The third-order valence-electron chi connectivity index (χ3n) is 4.96. The van der Waals surface area contributed by atoms with E-state index in [1.165, 1.54) is 25.3 Å². The first-order valence-electron chi connectivity index (χ1n) is 9.27. The van der Waals surface area contributed by atoms with E-state index in [0.717, 1.165) is 18.4 Å². The van der Waals surface area contributed by atoms with Crippen molar-refractivity contribution in [2.75, 3.05) is 0 Å². The molecule has 1 aliphatic rings. The van der Waals surface area contributed by atoms with E-state index < -0.39 is 0 Å². The van der Waals surface area contributed by atoms with Crippen LogP contribution in [0.5, 0.6) is 0 Å². The number of halogens is 1. The predicted molar refractivity (Wildman–Crippen MR) is 120 cm³/mol. The van der Waals surface area contributed by atoms with Gasteiger partial charge in [-0.2, -0.15) is 18.8 Å². The second-order valence-electron chi connectivity index (χ2n) is 6.81. The van der Waals surface area contributed by atoms with Gasteiger partial charge in [0.15, 0.2) is 0 Å². The normalized spacial score (nSPS) is 15.8. The molecule has 1 atom stereocenters. The molecule has 1 amide bonds. The van der Waals surface area contributed by atoms with Gasteiger partial charge in [0.1, 0.15) is 16.2 Å². The molecule has 1 aromatic carbocycles. The maximum Gasteiger partial charge on any atom is 0.262 e. The molecule has 0 radical (unpaired) electrons. The molecule has 2 aromatic rings. The SMILES string of the molecule is N#C/C(=C\c1cccc(Br)n1)C(=O)N[C@H](c1ccccc1)C1CCCCC1.S. The largest absolute Gasteiger partial charge is 0.344 e. The molecule has 1 fully saturated rings. The summed E-state index contributed by atoms with van der Waals surface area (Å²) >= 11 is 3.31. The molecule has 0 spiro atoms. The van der Waals surface area contributed by atoms with Gasteiger partial charge in [0.05, 0.1) is 11.7 Å². The van der Waals surface area contributed by atoms with Crippen molar-refractivity contribution in [1.82, 2.24) is 10.3 Å². The van der Waals surface area contributed by atoms with E-state index in [-0.39, 0.29) is 31.0 Å². The molecule has 1 N–H and O–H groups in total. The zero-order chi connectivity index (χ0) is 19.1. The van der Waals surface area contributed by atoms with Crippen LogP contribution in [0.1, 0.15) is 49.4 Å². The number of aromatic nitrogens is 1. The molecule has 0 bridgehead atoms. The highest BCUT2D eigenvalue weighted by Crippen LogP contribution is 2.34. The van der Waals surface area contributed by atoms with Gasteiger partial charge in [-0.1, -0.05) is 55.7 Å². The van der Waals surface area contributed by atoms with E-state index >= 15 is 0 Å². The first-order chi connectivity index (χ1) is 13.2. The topological polar surface area (TPSA) is 65.8 Å². The first kappa shape index (κ1) is 22.2. The van der Waals surface area contributed by atoms with Crippen molar-refractivity contribution in [1.29, 1.82) is 5.26 Å². The van der Waals surface area contributed by atoms with Gasteiger partial charge in [-0.15, -0.1) is 0 Å². The highest BCUT2D eigenvalue weighted by molar-refractivity contribution is 9.10. The summed E-state index contributed by atoms with van der Waals surface area (Å²) in [5.41, 5.74) is 1.73. The van der Waals surface area contributed by atoms with Crippen LogP contribution in [0.2, 0.25) is 0 Å². The Morgan fingerprint density at radius 1 is 1.14 bits per heavy atom. The number of amides is 1. The number of nitrogens with one attached hydrogen (secondary N) is 1. The van der Waals surface area contributed by atoms with Crippen molar-refractivity contribution in [3.05, 3.63) is 70.0 Å². The van der Waals surface area contributed by atoms with Crippen LogP contribution in [0, 0.1) is 17.2 Å². The average molecular weight is 458 g/mol. The average Bonchev–Trinajstić information content (AvgIpc) is 2.71. The van der Waals surface area contributed by atoms with Crippen LogP contribution in [-0.2, 0) is 4.79 Å². The summed E-state index contributed by atoms with van der Waals surface area (Å²) in [6.07, 6.45) is 7.35. The number of nitriles is 1. The standard InChI is InChI=1S/C22H22BrN3O.H2S/c23-20-13-7-12-19(25-20)14-18(15-24)22(27)26-21(16-8-3-1-4-9-16)17-10-5-2-6-11-17;/h1,3-4,7-9,12-14,17,21H,2,5-6,10-11H2,(H,26,27);1H2/b18-14+;/t21-;/m1./s1.